The van der Waals surface area contributed by atoms with Gasteiger partial charge >= 0.3 is 0 Å². The fourth-order valence-electron chi connectivity index (χ4n) is 3.29. The number of aromatic amines is 1. The standard InChI is InChI=1S/C15H22N6O/c1-20-7-2-12(3-8-20)21-15(14-16-5-6-17-14)18-13(19-21)11-4-9-22-10-11/h5-6,11-12H,2-4,7-10H2,1H3,(H,16,17). The molecule has 0 radical (unpaired) electrons. The summed E-state index contributed by atoms with van der Waals surface area (Å²) in [7, 11) is 2.17. The minimum absolute atomic E-state index is 0.321. The minimum atomic E-state index is 0.321. The molecule has 1 N–H and O–H groups in total. The first-order chi connectivity index (χ1) is 10.8. The van der Waals surface area contributed by atoms with Crippen LogP contribution in [0.4, 0.5) is 0 Å². The monoisotopic (exact) mass is 302 g/mol. The van der Waals surface area contributed by atoms with E-state index >= 15 is 0 Å². The van der Waals surface area contributed by atoms with Crippen LogP contribution in [-0.4, -0.2) is 63.0 Å². The summed E-state index contributed by atoms with van der Waals surface area (Å²) in [5, 5.41) is 4.84. The van der Waals surface area contributed by atoms with E-state index in [2.05, 4.69) is 26.6 Å². The highest BCUT2D eigenvalue weighted by atomic mass is 16.5. The largest absolute Gasteiger partial charge is 0.381 e. The second kappa shape index (κ2) is 5.81. The number of nitrogens with one attached hydrogen (secondary N) is 1. The van der Waals surface area contributed by atoms with Gasteiger partial charge in [-0.3, -0.25) is 0 Å². The van der Waals surface area contributed by atoms with Crippen LogP contribution in [0.15, 0.2) is 12.4 Å². The normalized spacial score (nSPS) is 24.1. The van der Waals surface area contributed by atoms with Crippen LogP contribution in [0.2, 0.25) is 0 Å². The summed E-state index contributed by atoms with van der Waals surface area (Å²) in [6.45, 7) is 3.74. The Hall–Kier alpha value is -1.73. The molecule has 0 saturated carbocycles. The number of imidazole rings is 1. The molecule has 1 unspecified atom stereocenters. The van der Waals surface area contributed by atoms with Crippen molar-refractivity contribution in [1.82, 2.24) is 29.6 Å². The molecule has 22 heavy (non-hydrogen) atoms. The third-order valence-electron chi connectivity index (χ3n) is 4.69. The van der Waals surface area contributed by atoms with Gasteiger partial charge in [-0.1, -0.05) is 0 Å². The van der Waals surface area contributed by atoms with Crippen molar-refractivity contribution in [3.8, 4) is 11.6 Å². The van der Waals surface area contributed by atoms with Crippen molar-refractivity contribution >= 4 is 0 Å². The molecule has 2 fully saturated rings. The van der Waals surface area contributed by atoms with E-state index in [4.69, 9.17) is 14.8 Å². The average Bonchev–Trinajstić information content (AvgIpc) is 3.27. The summed E-state index contributed by atoms with van der Waals surface area (Å²) in [5.41, 5.74) is 0. The van der Waals surface area contributed by atoms with E-state index in [0.717, 1.165) is 63.0 Å². The van der Waals surface area contributed by atoms with Gasteiger partial charge in [0.25, 0.3) is 0 Å². The zero-order valence-electron chi connectivity index (χ0n) is 12.9. The molecule has 2 saturated heterocycles. The Morgan fingerprint density at radius 3 is 2.82 bits per heavy atom. The number of likely N-dealkylation sites (tertiary alicyclic amines) is 1. The van der Waals surface area contributed by atoms with Crippen LogP contribution in [0.5, 0.6) is 0 Å². The van der Waals surface area contributed by atoms with Gasteiger partial charge in [-0.15, -0.1) is 0 Å². The Kier molecular flexibility index (Phi) is 3.67. The van der Waals surface area contributed by atoms with Crippen molar-refractivity contribution in [3.63, 3.8) is 0 Å². The fraction of sp³-hybridized carbons (Fsp3) is 0.667. The van der Waals surface area contributed by atoms with Crippen LogP contribution in [0.1, 0.15) is 37.0 Å². The van der Waals surface area contributed by atoms with Crippen LogP contribution in [0, 0.1) is 0 Å². The summed E-state index contributed by atoms with van der Waals surface area (Å²) in [4.78, 5) is 14.7. The number of hydrogen-bond acceptors (Lipinski definition) is 5. The molecule has 2 aliphatic heterocycles. The molecule has 4 heterocycles. The van der Waals surface area contributed by atoms with E-state index in [1.165, 1.54) is 0 Å². The molecular weight excluding hydrogens is 280 g/mol. The van der Waals surface area contributed by atoms with Gasteiger partial charge in [-0.2, -0.15) is 5.10 Å². The number of hydrogen-bond donors (Lipinski definition) is 1. The third kappa shape index (κ3) is 2.55. The number of piperidine rings is 1. The zero-order valence-corrected chi connectivity index (χ0v) is 12.9. The maximum Gasteiger partial charge on any atom is 0.194 e. The van der Waals surface area contributed by atoms with E-state index in [1.54, 1.807) is 6.20 Å². The summed E-state index contributed by atoms with van der Waals surface area (Å²) < 4.78 is 7.59. The van der Waals surface area contributed by atoms with Crippen molar-refractivity contribution in [2.75, 3.05) is 33.4 Å². The van der Waals surface area contributed by atoms with Gasteiger partial charge in [0.15, 0.2) is 17.5 Å². The van der Waals surface area contributed by atoms with Crippen LogP contribution in [0.3, 0.4) is 0 Å². The lowest BCUT2D eigenvalue weighted by Crippen LogP contribution is -2.32. The Morgan fingerprint density at radius 1 is 1.27 bits per heavy atom. The highest BCUT2D eigenvalue weighted by Gasteiger charge is 2.28. The Labute approximate surface area is 129 Å². The molecule has 2 aromatic heterocycles. The number of ether oxygens (including phenoxy) is 1. The summed E-state index contributed by atoms with van der Waals surface area (Å²) in [5.74, 6) is 2.89. The zero-order chi connectivity index (χ0) is 14.9. The topological polar surface area (TPSA) is 71.9 Å². The SMILES string of the molecule is CN1CCC(n2nc(C3CCOC3)nc2-c2ncc[nH]2)CC1. The molecule has 0 aliphatic carbocycles. The Balaban J connectivity index is 1.68. The van der Waals surface area contributed by atoms with Crippen LogP contribution >= 0.6 is 0 Å². The molecular formula is C15H22N6O. The number of aromatic nitrogens is 5. The number of H-pyrrole nitrogens is 1. The first-order valence-corrected chi connectivity index (χ1v) is 8.04. The second-order valence-electron chi connectivity index (χ2n) is 6.27. The highest BCUT2D eigenvalue weighted by molar-refractivity contribution is 5.43. The predicted molar refractivity (Wildman–Crippen MR) is 81.5 cm³/mol. The van der Waals surface area contributed by atoms with E-state index in [0.29, 0.717) is 12.0 Å². The molecule has 7 heteroatoms. The maximum atomic E-state index is 5.49. The Morgan fingerprint density at radius 2 is 2.14 bits per heavy atom. The van der Waals surface area contributed by atoms with Crippen molar-refractivity contribution in [2.45, 2.75) is 31.2 Å². The van der Waals surface area contributed by atoms with Gasteiger partial charge in [-0.05, 0) is 39.4 Å². The van der Waals surface area contributed by atoms with Crippen LogP contribution in [0.25, 0.3) is 11.6 Å². The smallest absolute Gasteiger partial charge is 0.194 e. The molecule has 2 aromatic rings. The molecule has 1 atom stereocenters. The van der Waals surface area contributed by atoms with E-state index in [1.807, 2.05) is 6.20 Å². The lowest BCUT2D eigenvalue weighted by atomic mass is 10.1. The van der Waals surface area contributed by atoms with Gasteiger partial charge in [-0.25, -0.2) is 14.6 Å². The van der Waals surface area contributed by atoms with E-state index < -0.39 is 0 Å². The van der Waals surface area contributed by atoms with Crippen molar-refractivity contribution in [3.05, 3.63) is 18.2 Å². The van der Waals surface area contributed by atoms with Crippen LogP contribution in [-0.2, 0) is 4.74 Å². The summed E-state index contributed by atoms with van der Waals surface area (Å²) in [6, 6.07) is 0.403. The van der Waals surface area contributed by atoms with Gasteiger partial charge < -0.3 is 14.6 Å². The van der Waals surface area contributed by atoms with Gasteiger partial charge in [0.1, 0.15) is 0 Å². The minimum Gasteiger partial charge on any atom is -0.381 e. The third-order valence-corrected chi connectivity index (χ3v) is 4.69. The lowest BCUT2D eigenvalue weighted by Gasteiger charge is -2.29. The first-order valence-electron chi connectivity index (χ1n) is 8.04. The summed E-state index contributed by atoms with van der Waals surface area (Å²) >= 11 is 0. The summed E-state index contributed by atoms with van der Waals surface area (Å²) in [6.07, 6.45) is 6.82. The van der Waals surface area contributed by atoms with Crippen molar-refractivity contribution in [1.29, 1.82) is 0 Å². The van der Waals surface area contributed by atoms with Gasteiger partial charge in [0, 0.05) is 24.9 Å². The van der Waals surface area contributed by atoms with E-state index in [9.17, 15) is 0 Å². The maximum absolute atomic E-state index is 5.49. The molecule has 0 amide bonds. The molecule has 118 valence electrons. The molecule has 0 aromatic carbocycles. The molecule has 0 spiro atoms. The van der Waals surface area contributed by atoms with Gasteiger partial charge in [0.2, 0.25) is 0 Å². The number of rotatable bonds is 3. The first kappa shape index (κ1) is 13.9. The Bertz CT molecular complexity index is 608. The molecule has 0 bridgehead atoms. The highest BCUT2D eigenvalue weighted by Crippen LogP contribution is 2.29. The molecule has 2 aliphatic rings. The number of nitrogens with zero attached hydrogens (tertiary/aromatic N) is 5. The van der Waals surface area contributed by atoms with E-state index in [-0.39, 0.29) is 0 Å². The second-order valence-corrected chi connectivity index (χ2v) is 6.27. The fourth-order valence-corrected chi connectivity index (χ4v) is 3.29. The van der Waals surface area contributed by atoms with Gasteiger partial charge in [0.05, 0.1) is 12.6 Å². The molecule has 4 rings (SSSR count). The van der Waals surface area contributed by atoms with Crippen molar-refractivity contribution in [2.24, 2.45) is 0 Å². The lowest BCUT2D eigenvalue weighted by molar-refractivity contribution is 0.192. The van der Waals surface area contributed by atoms with Crippen LogP contribution < -0.4 is 0 Å². The molecule has 7 nitrogen and oxygen atoms in total. The van der Waals surface area contributed by atoms with Crippen molar-refractivity contribution < 1.29 is 4.74 Å². The average molecular weight is 302 g/mol. The quantitative estimate of drug-likeness (QED) is 0.929. The predicted octanol–water partition coefficient (Wildman–Crippen LogP) is 1.44.